The van der Waals surface area contributed by atoms with E-state index in [4.69, 9.17) is 4.74 Å². The zero-order valence-corrected chi connectivity index (χ0v) is 16.1. The van der Waals surface area contributed by atoms with Crippen molar-refractivity contribution in [3.63, 3.8) is 0 Å². The Morgan fingerprint density at radius 2 is 1.85 bits per heavy atom. The van der Waals surface area contributed by atoms with Gasteiger partial charge in [-0.3, -0.25) is 9.36 Å². The molecule has 2 N–H and O–H groups in total. The van der Waals surface area contributed by atoms with Crippen molar-refractivity contribution in [1.82, 2.24) is 14.9 Å². The lowest BCUT2D eigenvalue weighted by Crippen LogP contribution is -2.28. The summed E-state index contributed by atoms with van der Waals surface area (Å²) in [5.74, 6) is 0.470. The minimum atomic E-state index is -0.198. The predicted octanol–water partition coefficient (Wildman–Crippen LogP) is 2.86. The van der Waals surface area contributed by atoms with Crippen molar-refractivity contribution in [1.29, 1.82) is 0 Å². The maximum atomic E-state index is 12.0. The Balaban J connectivity index is 1.53. The number of amides is 1. The van der Waals surface area contributed by atoms with E-state index < -0.39 is 0 Å². The van der Waals surface area contributed by atoms with Crippen molar-refractivity contribution >= 4 is 16.9 Å². The smallest absolute Gasteiger partial charge is 0.326 e. The number of benzene rings is 2. The number of aromatic nitrogens is 2. The summed E-state index contributed by atoms with van der Waals surface area (Å²) in [6.45, 7) is 6.79. The number of rotatable bonds is 5. The summed E-state index contributed by atoms with van der Waals surface area (Å²) in [4.78, 5) is 26.5. The summed E-state index contributed by atoms with van der Waals surface area (Å²) in [5, 5.41) is 2.83. The Morgan fingerprint density at radius 1 is 1.15 bits per heavy atom. The highest BCUT2D eigenvalue weighted by Gasteiger charge is 2.13. The Hall–Kier alpha value is -3.02. The average Bonchev–Trinajstić information content (AvgIpc) is 2.91. The Bertz CT molecular complexity index is 1010. The third-order valence-corrected chi connectivity index (χ3v) is 4.55. The zero-order valence-electron chi connectivity index (χ0n) is 16.1. The van der Waals surface area contributed by atoms with Crippen molar-refractivity contribution in [3.05, 3.63) is 64.1 Å². The molecule has 0 bridgehead atoms. The fourth-order valence-electron chi connectivity index (χ4n) is 2.85. The van der Waals surface area contributed by atoms with Crippen LogP contribution in [-0.2, 0) is 23.8 Å². The number of carbonyl (C=O) groups excluding carboxylic acids is 1. The van der Waals surface area contributed by atoms with Gasteiger partial charge >= 0.3 is 5.69 Å². The summed E-state index contributed by atoms with van der Waals surface area (Å²) in [7, 11) is 1.72. The van der Waals surface area contributed by atoms with Crippen LogP contribution in [0.2, 0.25) is 0 Å². The molecule has 3 aromatic rings. The standard InChI is InChI=1S/C21H25N3O3/c1-21(2,3)15-6-8-16(9-7-15)27-13-19(25)22-12-14-5-10-18-17(11-14)23-20(26)24(18)4/h5-11H,12-13H2,1-4H3,(H,22,25)(H,23,26). The second kappa shape index (κ2) is 7.31. The van der Waals surface area contributed by atoms with E-state index in [1.807, 2.05) is 42.5 Å². The number of fused-ring (bicyclic) bond motifs is 1. The molecule has 0 radical (unpaired) electrons. The summed E-state index contributed by atoms with van der Waals surface area (Å²) < 4.78 is 7.10. The van der Waals surface area contributed by atoms with Crippen LogP contribution in [0.1, 0.15) is 31.9 Å². The molecule has 2 aromatic carbocycles. The third kappa shape index (κ3) is 4.39. The van der Waals surface area contributed by atoms with Gasteiger partial charge in [0.25, 0.3) is 5.91 Å². The highest BCUT2D eigenvalue weighted by atomic mass is 16.5. The fourth-order valence-corrected chi connectivity index (χ4v) is 2.85. The number of hydrogen-bond acceptors (Lipinski definition) is 3. The molecule has 6 heteroatoms. The summed E-state index contributed by atoms with van der Waals surface area (Å²) in [6, 6.07) is 13.4. The second-order valence-electron chi connectivity index (χ2n) is 7.68. The minimum Gasteiger partial charge on any atom is -0.484 e. The molecule has 0 unspecified atom stereocenters. The molecule has 6 nitrogen and oxygen atoms in total. The molecule has 3 rings (SSSR count). The molecule has 0 aliphatic carbocycles. The number of aryl methyl sites for hydroxylation is 1. The van der Waals surface area contributed by atoms with Crippen LogP contribution in [0.15, 0.2) is 47.3 Å². The van der Waals surface area contributed by atoms with Crippen molar-refractivity contribution < 1.29 is 9.53 Å². The summed E-state index contributed by atoms with van der Waals surface area (Å²) >= 11 is 0. The van der Waals surface area contributed by atoms with Gasteiger partial charge in [0.15, 0.2) is 6.61 Å². The normalized spacial score (nSPS) is 11.6. The van der Waals surface area contributed by atoms with E-state index in [9.17, 15) is 9.59 Å². The molecule has 0 saturated heterocycles. The Morgan fingerprint density at radius 3 is 2.52 bits per heavy atom. The number of nitrogens with one attached hydrogen (secondary N) is 2. The van der Waals surface area contributed by atoms with Crippen LogP contribution in [0.5, 0.6) is 5.75 Å². The second-order valence-corrected chi connectivity index (χ2v) is 7.68. The lowest BCUT2D eigenvalue weighted by Gasteiger charge is -2.19. The van der Waals surface area contributed by atoms with Crippen LogP contribution in [0, 0.1) is 0 Å². The predicted molar refractivity (Wildman–Crippen MR) is 106 cm³/mol. The molecule has 0 spiro atoms. The summed E-state index contributed by atoms with van der Waals surface area (Å²) in [6.07, 6.45) is 0. The fraction of sp³-hybridized carbons (Fsp3) is 0.333. The molecule has 1 aromatic heterocycles. The quantitative estimate of drug-likeness (QED) is 0.728. The van der Waals surface area contributed by atoms with Crippen molar-refractivity contribution in [2.24, 2.45) is 7.05 Å². The molecule has 27 heavy (non-hydrogen) atoms. The number of ether oxygens (including phenoxy) is 1. The van der Waals surface area contributed by atoms with Gasteiger partial charge in [-0.15, -0.1) is 0 Å². The van der Waals surface area contributed by atoms with Gasteiger partial charge in [-0.2, -0.15) is 0 Å². The van der Waals surface area contributed by atoms with Crippen LogP contribution in [0.25, 0.3) is 11.0 Å². The highest BCUT2D eigenvalue weighted by Crippen LogP contribution is 2.24. The van der Waals surface area contributed by atoms with Crippen molar-refractivity contribution in [2.45, 2.75) is 32.7 Å². The first kappa shape index (κ1) is 18.8. The maximum absolute atomic E-state index is 12.0. The van der Waals surface area contributed by atoms with Gasteiger partial charge in [0, 0.05) is 13.6 Å². The Labute approximate surface area is 158 Å². The van der Waals surface area contributed by atoms with Crippen LogP contribution >= 0.6 is 0 Å². The SMILES string of the molecule is Cn1c(=O)[nH]c2cc(CNC(=O)COc3ccc(C(C)(C)C)cc3)ccc21. The lowest BCUT2D eigenvalue weighted by atomic mass is 9.87. The maximum Gasteiger partial charge on any atom is 0.326 e. The van der Waals surface area contributed by atoms with Crippen LogP contribution in [-0.4, -0.2) is 22.1 Å². The highest BCUT2D eigenvalue weighted by molar-refractivity contribution is 5.78. The van der Waals surface area contributed by atoms with Crippen molar-refractivity contribution in [3.8, 4) is 5.75 Å². The number of aromatic amines is 1. The van der Waals surface area contributed by atoms with E-state index in [0.717, 1.165) is 16.6 Å². The number of nitrogens with zero attached hydrogens (tertiary/aromatic N) is 1. The van der Waals surface area contributed by atoms with Gasteiger partial charge in [-0.1, -0.05) is 39.0 Å². The molecule has 0 aliphatic rings. The summed E-state index contributed by atoms with van der Waals surface area (Å²) in [5.41, 5.74) is 3.64. The first-order chi connectivity index (χ1) is 12.7. The first-order valence-corrected chi connectivity index (χ1v) is 8.92. The molecular formula is C21H25N3O3. The lowest BCUT2D eigenvalue weighted by molar-refractivity contribution is -0.123. The largest absolute Gasteiger partial charge is 0.484 e. The Kier molecular flexibility index (Phi) is 5.08. The molecule has 1 amide bonds. The monoisotopic (exact) mass is 367 g/mol. The molecule has 0 atom stereocenters. The van der Waals surface area contributed by atoms with Gasteiger partial charge in [-0.05, 0) is 40.8 Å². The third-order valence-electron chi connectivity index (χ3n) is 4.55. The van der Waals surface area contributed by atoms with Crippen LogP contribution in [0.3, 0.4) is 0 Å². The van der Waals surface area contributed by atoms with E-state index in [1.54, 1.807) is 11.6 Å². The molecule has 1 heterocycles. The van der Waals surface area contributed by atoms with E-state index in [0.29, 0.717) is 12.3 Å². The van der Waals surface area contributed by atoms with E-state index in [1.165, 1.54) is 5.56 Å². The van der Waals surface area contributed by atoms with Gasteiger partial charge in [0.2, 0.25) is 0 Å². The zero-order chi connectivity index (χ0) is 19.6. The number of H-pyrrole nitrogens is 1. The van der Waals surface area contributed by atoms with Crippen LogP contribution in [0.4, 0.5) is 0 Å². The van der Waals surface area contributed by atoms with E-state index in [-0.39, 0.29) is 23.6 Å². The number of imidazole rings is 1. The van der Waals surface area contributed by atoms with E-state index >= 15 is 0 Å². The molecule has 142 valence electrons. The number of carbonyl (C=O) groups is 1. The molecule has 0 saturated carbocycles. The minimum absolute atomic E-state index is 0.0424. The molecule has 0 aliphatic heterocycles. The average molecular weight is 367 g/mol. The topological polar surface area (TPSA) is 76.1 Å². The van der Waals surface area contributed by atoms with Crippen molar-refractivity contribution in [2.75, 3.05) is 6.61 Å². The van der Waals surface area contributed by atoms with Gasteiger partial charge in [0.1, 0.15) is 5.75 Å². The van der Waals surface area contributed by atoms with E-state index in [2.05, 4.69) is 31.1 Å². The molecule has 0 fully saturated rings. The van der Waals surface area contributed by atoms with Gasteiger partial charge < -0.3 is 15.0 Å². The first-order valence-electron chi connectivity index (χ1n) is 8.92. The number of hydrogen-bond donors (Lipinski definition) is 2. The van der Waals surface area contributed by atoms with Gasteiger partial charge in [-0.25, -0.2) is 4.79 Å². The van der Waals surface area contributed by atoms with Crippen LogP contribution < -0.4 is 15.7 Å². The molecular weight excluding hydrogens is 342 g/mol. The van der Waals surface area contributed by atoms with Gasteiger partial charge in [0.05, 0.1) is 11.0 Å².